The van der Waals surface area contributed by atoms with E-state index < -0.39 is 6.09 Å². The third-order valence-corrected chi connectivity index (χ3v) is 4.40. The molecule has 5 heteroatoms. The number of likely N-dealkylation sites (tertiary alicyclic amines) is 1. The first-order valence-corrected chi connectivity index (χ1v) is 6.98. The van der Waals surface area contributed by atoms with Gasteiger partial charge in [-0.3, -0.25) is 4.79 Å². The highest BCUT2D eigenvalue weighted by Crippen LogP contribution is 2.43. The van der Waals surface area contributed by atoms with E-state index in [2.05, 4.69) is 6.58 Å². The van der Waals surface area contributed by atoms with E-state index in [0.717, 1.165) is 24.3 Å². The number of rotatable bonds is 2. The van der Waals surface area contributed by atoms with Crippen molar-refractivity contribution in [3.8, 4) is 0 Å². The number of carbonyl (C=O) groups is 2. The number of thioether (sulfide) groups is 1. The second-order valence-corrected chi connectivity index (χ2v) is 5.86. The molecule has 17 heavy (non-hydrogen) atoms. The number of nitrogens with zero attached hydrogens (tertiary/aromatic N) is 1. The van der Waals surface area contributed by atoms with Crippen LogP contribution in [0.4, 0.5) is 4.79 Å². The largest absolute Gasteiger partial charge is 0.445 e. The summed E-state index contributed by atoms with van der Waals surface area (Å²) in [5.41, 5.74) is 0.0233. The van der Waals surface area contributed by atoms with Crippen molar-refractivity contribution >= 4 is 23.8 Å². The summed E-state index contributed by atoms with van der Waals surface area (Å²) in [5.74, 6) is 2.08. The molecule has 1 spiro atoms. The molecule has 0 aromatic rings. The van der Waals surface area contributed by atoms with Gasteiger partial charge in [-0.25, -0.2) is 9.69 Å². The minimum Gasteiger partial charge on any atom is -0.445 e. The highest BCUT2D eigenvalue weighted by molar-refractivity contribution is 7.99. The van der Waals surface area contributed by atoms with Crippen molar-refractivity contribution in [2.24, 2.45) is 5.41 Å². The highest BCUT2D eigenvalue weighted by Gasteiger charge is 2.46. The average Bonchev–Trinajstić information content (AvgIpc) is 2.64. The van der Waals surface area contributed by atoms with E-state index >= 15 is 0 Å². The molecule has 2 heterocycles. The molecule has 0 aromatic carbocycles. The average molecular weight is 255 g/mol. The summed E-state index contributed by atoms with van der Waals surface area (Å²) in [6.07, 6.45) is 3.52. The number of imide groups is 1. The monoisotopic (exact) mass is 255 g/mol. The van der Waals surface area contributed by atoms with Crippen LogP contribution in [0.3, 0.4) is 0 Å². The molecule has 2 aliphatic heterocycles. The van der Waals surface area contributed by atoms with Gasteiger partial charge in [-0.1, -0.05) is 12.7 Å². The van der Waals surface area contributed by atoms with Crippen LogP contribution in [0.1, 0.15) is 19.3 Å². The fourth-order valence-electron chi connectivity index (χ4n) is 2.41. The summed E-state index contributed by atoms with van der Waals surface area (Å²) in [6.45, 7) is 4.17. The van der Waals surface area contributed by atoms with Crippen LogP contribution >= 0.6 is 11.8 Å². The van der Waals surface area contributed by atoms with Crippen LogP contribution in [0.15, 0.2) is 12.7 Å². The number of ether oxygens (including phenoxy) is 1. The molecule has 0 unspecified atom stereocenters. The summed E-state index contributed by atoms with van der Waals surface area (Å²) in [5, 5.41) is 0. The summed E-state index contributed by atoms with van der Waals surface area (Å²) >= 11 is 1.92. The molecule has 2 rings (SSSR count). The lowest BCUT2D eigenvalue weighted by molar-refractivity contribution is -0.126. The van der Waals surface area contributed by atoms with Crippen LogP contribution < -0.4 is 0 Å². The van der Waals surface area contributed by atoms with Crippen LogP contribution in [0.2, 0.25) is 0 Å². The topological polar surface area (TPSA) is 46.6 Å². The summed E-state index contributed by atoms with van der Waals surface area (Å²) < 4.78 is 4.92. The van der Waals surface area contributed by atoms with Gasteiger partial charge in [0.05, 0.1) is 0 Å². The molecule has 0 saturated carbocycles. The zero-order valence-corrected chi connectivity index (χ0v) is 10.6. The molecule has 2 aliphatic rings. The van der Waals surface area contributed by atoms with Crippen LogP contribution in [0, 0.1) is 5.41 Å². The fourth-order valence-corrected chi connectivity index (χ4v) is 3.77. The molecule has 0 radical (unpaired) electrons. The van der Waals surface area contributed by atoms with Gasteiger partial charge >= 0.3 is 6.09 Å². The van der Waals surface area contributed by atoms with Crippen LogP contribution in [-0.4, -0.2) is 41.6 Å². The maximum absolute atomic E-state index is 11.8. The molecular weight excluding hydrogens is 238 g/mol. The third-order valence-electron chi connectivity index (χ3n) is 3.42. The van der Waals surface area contributed by atoms with Gasteiger partial charge in [0, 0.05) is 13.0 Å². The number of amides is 2. The smallest absolute Gasteiger partial charge is 0.416 e. The second kappa shape index (κ2) is 5.12. The zero-order valence-electron chi connectivity index (χ0n) is 9.81. The maximum atomic E-state index is 11.8. The van der Waals surface area contributed by atoms with E-state index in [1.165, 1.54) is 11.0 Å². The first-order valence-electron chi connectivity index (χ1n) is 5.83. The van der Waals surface area contributed by atoms with Crippen LogP contribution in [-0.2, 0) is 9.53 Å². The standard InChI is InChI=1S/C12H17NO3S/c1-2-5-16-11(15)13-9-12(8-10(13)14)3-6-17-7-4-12/h2H,1,3-9H2. The van der Waals surface area contributed by atoms with Gasteiger partial charge in [-0.15, -0.1) is 0 Å². The zero-order chi connectivity index (χ0) is 12.3. The molecule has 0 atom stereocenters. The summed E-state index contributed by atoms with van der Waals surface area (Å²) in [6, 6.07) is 0. The van der Waals surface area contributed by atoms with E-state index in [4.69, 9.17) is 4.74 Å². The normalized spacial score (nSPS) is 22.8. The van der Waals surface area contributed by atoms with Crippen molar-refractivity contribution in [1.82, 2.24) is 4.90 Å². The molecule has 0 aromatic heterocycles. The predicted molar refractivity (Wildman–Crippen MR) is 66.9 cm³/mol. The lowest BCUT2D eigenvalue weighted by Crippen LogP contribution is -2.36. The van der Waals surface area contributed by atoms with Crippen molar-refractivity contribution in [3.63, 3.8) is 0 Å². The Morgan fingerprint density at radius 1 is 1.53 bits per heavy atom. The van der Waals surface area contributed by atoms with Crippen LogP contribution in [0.5, 0.6) is 0 Å². The highest BCUT2D eigenvalue weighted by atomic mass is 32.2. The minimum absolute atomic E-state index is 0.0233. The Morgan fingerprint density at radius 3 is 2.88 bits per heavy atom. The molecule has 2 fully saturated rings. The SMILES string of the molecule is C=CCOC(=O)N1CC2(CCSCC2)CC1=O. The lowest BCUT2D eigenvalue weighted by atomic mass is 9.81. The van der Waals surface area contributed by atoms with Crippen molar-refractivity contribution in [2.75, 3.05) is 24.7 Å². The summed E-state index contributed by atoms with van der Waals surface area (Å²) in [4.78, 5) is 24.8. The van der Waals surface area contributed by atoms with Gasteiger partial charge in [-0.05, 0) is 29.8 Å². The predicted octanol–water partition coefficient (Wildman–Crippen LogP) is 2.05. The quantitative estimate of drug-likeness (QED) is 0.709. The Hall–Kier alpha value is -0.970. The van der Waals surface area contributed by atoms with Crippen molar-refractivity contribution < 1.29 is 14.3 Å². The van der Waals surface area contributed by atoms with Crippen molar-refractivity contribution in [3.05, 3.63) is 12.7 Å². The third kappa shape index (κ3) is 2.65. The van der Waals surface area contributed by atoms with Crippen molar-refractivity contribution in [1.29, 1.82) is 0 Å². The number of hydrogen-bond acceptors (Lipinski definition) is 4. The van der Waals surface area contributed by atoms with Crippen LogP contribution in [0.25, 0.3) is 0 Å². The van der Waals surface area contributed by atoms with E-state index in [1.54, 1.807) is 0 Å². The molecule has 94 valence electrons. The lowest BCUT2D eigenvalue weighted by Gasteiger charge is -2.31. The molecule has 2 amide bonds. The van der Waals surface area contributed by atoms with Gasteiger partial charge < -0.3 is 4.74 Å². The van der Waals surface area contributed by atoms with E-state index in [-0.39, 0.29) is 17.9 Å². The van der Waals surface area contributed by atoms with E-state index in [9.17, 15) is 9.59 Å². The Morgan fingerprint density at radius 2 is 2.24 bits per heavy atom. The Balaban J connectivity index is 1.98. The van der Waals surface area contributed by atoms with Crippen molar-refractivity contribution in [2.45, 2.75) is 19.3 Å². The molecule has 0 N–H and O–H groups in total. The van der Waals surface area contributed by atoms with Gasteiger partial charge in [0.25, 0.3) is 0 Å². The second-order valence-electron chi connectivity index (χ2n) is 4.63. The molecule has 2 saturated heterocycles. The molecule has 0 aliphatic carbocycles. The first kappa shape index (κ1) is 12.5. The fraction of sp³-hybridized carbons (Fsp3) is 0.667. The van der Waals surface area contributed by atoms with E-state index in [0.29, 0.717) is 13.0 Å². The van der Waals surface area contributed by atoms with Gasteiger partial charge in [-0.2, -0.15) is 11.8 Å². The van der Waals surface area contributed by atoms with E-state index in [1.807, 2.05) is 11.8 Å². The summed E-state index contributed by atoms with van der Waals surface area (Å²) in [7, 11) is 0. The van der Waals surface area contributed by atoms with Gasteiger partial charge in [0.15, 0.2) is 0 Å². The number of carbonyl (C=O) groups excluding carboxylic acids is 2. The number of hydrogen-bond donors (Lipinski definition) is 0. The molecule has 0 bridgehead atoms. The molecule has 4 nitrogen and oxygen atoms in total. The Bertz CT molecular complexity index is 337. The molecular formula is C12H17NO3S. The first-order chi connectivity index (χ1) is 8.17. The van der Waals surface area contributed by atoms with Gasteiger partial charge in [0.2, 0.25) is 5.91 Å². The Kier molecular flexibility index (Phi) is 3.76. The maximum Gasteiger partial charge on any atom is 0.416 e. The Labute approximate surface area is 105 Å². The van der Waals surface area contributed by atoms with Gasteiger partial charge in [0.1, 0.15) is 6.61 Å². The minimum atomic E-state index is -0.523.